The molecule has 0 unspecified atom stereocenters. The molecule has 0 aromatic heterocycles. The second kappa shape index (κ2) is 5.78. The van der Waals surface area contributed by atoms with E-state index in [-0.39, 0.29) is 5.91 Å². The van der Waals surface area contributed by atoms with Gasteiger partial charge >= 0.3 is 0 Å². The highest BCUT2D eigenvalue weighted by Gasteiger charge is 2.30. The fourth-order valence-corrected chi connectivity index (χ4v) is 2.26. The Morgan fingerprint density at radius 3 is 2.57 bits per heavy atom. The van der Waals surface area contributed by atoms with Crippen LogP contribution >= 0.6 is 23.2 Å². The average Bonchev–Trinajstić information content (AvgIpc) is 2.69. The first-order valence-corrected chi connectivity index (χ1v) is 7.56. The number of rotatable bonds is 0. The molecule has 0 bridgehead atoms. The fourth-order valence-electron chi connectivity index (χ4n) is 1.86. The van der Waals surface area contributed by atoms with E-state index in [0.29, 0.717) is 29.1 Å². The maximum atomic E-state index is 11.2. The summed E-state index contributed by atoms with van der Waals surface area (Å²) in [6.07, 6.45) is 0. The summed E-state index contributed by atoms with van der Waals surface area (Å²) >= 11 is 12.0. The van der Waals surface area contributed by atoms with Crippen molar-refractivity contribution in [2.24, 2.45) is 4.99 Å². The van der Waals surface area contributed by atoms with Gasteiger partial charge in [-0.2, -0.15) is 0 Å². The minimum atomic E-state index is -4.92. The Bertz CT molecular complexity index is 726. The molecule has 2 heterocycles. The molecule has 2 N–H and O–H groups in total. The van der Waals surface area contributed by atoms with Gasteiger partial charge in [-0.3, -0.25) is 14.7 Å². The fraction of sp³-hybridized carbons (Fsp3) is 0.200. The van der Waals surface area contributed by atoms with Crippen LogP contribution in [0, 0.1) is 0 Å². The number of nitrogens with zero attached hydrogens (tertiary/aromatic N) is 2. The normalized spacial score (nSPS) is 16.3. The van der Waals surface area contributed by atoms with Gasteiger partial charge < -0.3 is 9.45 Å². The molecule has 1 amide bonds. The summed E-state index contributed by atoms with van der Waals surface area (Å²) in [5.41, 5.74) is 1.64. The molecule has 2 aliphatic rings. The van der Waals surface area contributed by atoms with Crippen molar-refractivity contribution >= 4 is 51.2 Å². The van der Waals surface area contributed by atoms with Gasteiger partial charge in [-0.05, 0) is 12.1 Å². The zero-order chi connectivity index (χ0) is 15.8. The predicted molar refractivity (Wildman–Crippen MR) is 74.4 cm³/mol. The zero-order valence-corrected chi connectivity index (χ0v) is 12.5. The van der Waals surface area contributed by atoms with Crippen LogP contribution in [-0.2, 0) is 21.7 Å². The van der Waals surface area contributed by atoms with Crippen LogP contribution < -0.4 is 5.32 Å². The van der Waals surface area contributed by atoms with E-state index in [4.69, 9.17) is 40.7 Å². The molecule has 0 atom stereocenters. The van der Waals surface area contributed by atoms with Crippen molar-refractivity contribution in [1.82, 2.24) is 10.2 Å². The number of carbonyl (C=O) groups is 1. The minimum Gasteiger partial charge on any atom is -0.726 e. The molecule has 11 heteroatoms. The van der Waals surface area contributed by atoms with Crippen LogP contribution in [-0.4, -0.2) is 40.8 Å². The summed E-state index contributed by atoms with van der Waals surface area (Å²) in [5, 5.41) is 3.72. The van der Waals surface area contributed by atoms with E-state index in [9.17, 15) is 4.79 Å². The molecular weight excluding hydrogens is 345 g/mol. The molecule has 0 aliphatic carbocycles. The summed E-state index contributed by atoms with van der Waals surface area (Å²) in [7, 11) is -4.92. The van der Waals surface area contributed by atoms with Gasteiger partial charge in [-0.25, -0.2) is 13.4 Å². The largest absolute Gasteiger partial charge is 0.726 e. The number of hydrogen-bond donors (Lipinski definition) is 2. The highest BCUT2D eigenvalue weighted by molar-refractivity contribution is 7.79. The van der Waals surface area contributed by atoms with Crippen LogP contribution in [0.25, 0.3) is 0 Å². The number of nitrogens with one attached hydrogen (secondary N) is 1. The van der Waals surface area contributed by atoms with Gasteiger partial charge in [-0.15, -0.1) is 0 Å². The molecule has 0 radical (unpaired) electrons. The smallest absolute Gasteiger partial charge is 0.246 e. The van der Waals surface area contributed by atoms with Crippen molar-refractivity contribution < 1.29 is 22.3 Å². The molecule has 21 heavy (non-hydrogen) atoms. The second-order valence-corrected chi connectivity index (χ2v) is 5.77. The summed E-state index contributed by atoms with van der Waals surface area (Å²) in [4.78, 5) is 17.4. The Balaban J connectivity index is 0.000000282. The molecule has 1 aromatic carbocycles. The van der Waals surface area contributed by atoms with Crippen LogP contribution in [0.15, 0.2) is 17.1 Å². The highest BCUT2D eigenvalue weighted by Crippen LogP contribution is 2.36. The number of aliphatic imine (C=N–C) groups is 1. The van der Waals surface area contributed by atoms with Crippen molar-refractivity contribution in [1.29, 1.82) is 0 Å². The van der Waals surface area contributed by atoms with Crippen molar-refractivity contribution in [3.63, 3.8) is 0 Å². The lowest BCUT2D eigenvalue weighted by atomic mass is 10.1. The maximum absolute atomic E-state index is 11.2. The van der Waals surface area contributed by atoms with E-state index in [1.54, 1.807) is 12.1 Å². The predicted octanol–water partition coefficient (Wildman–Crippen LogP) is 0.931. The lowest BCUT2D eigenvalue weighted by molar-refractivity contribution is -0.118. The third-order valence-electron chi connectivity index (χ3n) is 2.63. The number of halogens is 2. The first kappa shape index (κ1) is 16.0. The van der Waals surface area contributed by atoms with Gasteiger partial charge in [0.15, 0.2) is 0 Å². The molecule has 1 saturated heterocycles. The molecule has 1 fully saturated rings. The van der Waals surface area contributed by atoms with Crippen LogP contribution in [0.2, 0.25) is 10.0 Å². The third kappa shape index (κ3) is 4.05. The molecule has 3 rings (SSSR count). The number of fused-ring (bicyclic) bond motifs is 2. The number of amides is 1. The first-order chi connectivity index (χ1) is 9.65. The zero-order valence-electron chi connectivity index (χ0n) is 10.2. The quantitative estimate of drug-likeness (QED) is 0.529. The van der Waals surface area contributed by atoms with E-state index < -0.39 is 10.4 Å². The lowest BCUT2D eigenvalue weighted by Crippen LogP contribution is -2.32. The number of hydrogen-bond acceptors (Lipinski definition) is 6. The van der Waals surface area contributed by atoms with E-state index in [0.717, 1.165) is 11.3 Å². The van der Waals surface area contributed by atoms with Crippen molar-refractivity contribution in [3.05, 3.63) is 27.7 Å². The lowest BCUT2D eigenvalue weighted by Gasteiger charge is -2.23. The Morgan fingerprint density at radius 2 is 1.95 bits per heavy atom. The standard InChI is InChI=1S/C10H7Cl2N3O.H2O4S/c11-6-1-2-7-5(9(6)12)3-15-4-8(16)14-10(15)13-7;1-5(2,3)4/h1-2H,3-4H2,(H,13,14,16);(H2,1,2,3,4)/p-1. The number of guanidine groups is 1. The summed E-state index contributed by atoms with van der Waals surface area (Å²) in [6.45, 7) is 0.882. The van der Waals surface area contributed by atoms with Crippen molar-refractivity contribution in [3.8, 4) is 0 Å². The highest BCUT2D eigenvalue weighted by atomic mass is 35.5. The van der Waals surface area contributed by atoms with Crippen molar-refractivity contribution in [2.45, 2.75) is 6.54 Å². The van der Waals surface area contributed by atoms with Gasteiger partial charge in [0.25, 0.3) is 0 Å². The molecule has 2 aliphatic heterocycles. The molecule has 0 spiro atoms. The molecule has 8 nitrogen and oxygen atoms in total. The van der Waals surface area contributed by atoms with E-state index in [1.165, 1.54) is 0 Å². The molecule has 1 aromatic rings. The van der Waals surface area contributed by atoms with Crippen LogP contribution in [0.1, 0.15) is 5.56 Å². The van der Waals surface area contributed by atoms with Crippen LogP contribution in [0.4, 0.5) is 5.69 Å². The average molecular weight is 353 g/mol. The summed E-state index contributed by atoms with van der Waals surface area (Å²) in [5.74, 6) is 0.546. The Labute approximate surface area is 129 Å². The summed E-state index contributed by atoms with van der Waals surface area (Å²) in [6, 6.07) is 3.51. The number of carbonyl (C=O) groups excluding carboxylic acids is 1. The van der Waals surface area contributed by atoms with E-state index in [1.807, 2.05) is 4.90 Å². The van der Waals surface area contributed by atoms with E-state index >= 15 is 0 Å². The maximum Gasteiger partial charge on any atom is 0.246 e. The second-order valence-electron chi connectivity index (χ2n) is 4.13. The first-order valence-electron chi connectivity index (χ1n) is 5.44. The Kier molecular flexibility index (Phi) is 4.40. The third-order valence-corrected chi connectivity index (χ3v) is 3.48. The van der Waals surface area contributed by atoms with Gasteiger partial charge in [0, 0.05) is 5.56 Å². The van der Waals surface area contributed by atoms with Crippen LogP contribution in [0.5, 0.6) is 0 Å². The molecule has 0 saturated carbocycles. The van der Waals surface area contributed by atoms with Gasteiger partial charge in [0.1, 0.15) is 6.54 Å². The Morgan fingerprint density at radius 1 is 1.33 bits per heavy atom. The minimum absolute atomic E-state index is 0.0474. The topological polar surface area (TPSA) is 122 Å². The van der Waals surface area contributed by atoms with Gasteiger partial charge in [0.05, 0.1) is 22.3 Å². The molecule has 114 valence electrons. The summed E-state index contributed by atoms with van der Waals surface area (Å²) < 4.78 is 32.8. The SMILES string of the molecule is O=C1CN2Cc3c(ccc(Cl)c3Cl)N=C2N1.O=S(=O)([O-])O. The van der Waals surface area contributed by atoms with Gasteiger partial charge in [0.2, 0.25) is 22.3 Å². The molecular formula is C10H8Cl2N3O5S-. The monoisotopic (exact) mass is 352 g/mol. The van der Waals surface area contributed by atoms with Crippen molar-refractivity contribution in [2.75, 3.05) is 6.54 Å². The van der Waals surface area contributed by atoms with Crippen LogP contribution in [0.3, 0.4) is 0 Å². The van der Waals surface area contributed by atoms with Gasteiger partial charge in [-0.1, -0.05) is 23.2 Å². The number of benzene rings is 1. The van der Waals surface area contributed by atoms with E-state index in [2.05, 4.69) is 10.3 Å². The Hall–Kier alpha value is -1.39.